The SMILES string of the molecule is O=C1[C]2CNCC1C2. The molecule has 1 unspecified atom stereocenters. The van der Waals surface area contributed by atoms with Crippen molar-refractivity contribution in [3.63, 3.8) is 0 Å². The highest BCUT2D eigenvalue weighted by atomic mass is 16.1. The number of carbonyl (C=O) groups is 1. The van der Waals surface area contributed by atoms with Crippen LogP contribution in [0.15, 0.2) is 0 Å². The van der Waals surface area contributed by atoms with Crippen molar-refractivity contribution in [3.05, 3.63) is 5.92 Å². The van der Waals surface area contributed by atoms with Gasteiger partial charge in [-0.25, -0.2) is 0 Å². The molecule has 3 rings (SSSR count). The van der Waals surface area contributed by atoms with Crippen molar-refractivity contribution in [3.8, 4) is 0 Å². The van der Waals surface area contributed by atoms with Gasteiger partial charge in [-0.05, 0) is 6.42 Å². The molecular formula is C6H8NO. The zero-order valence-corrected chi connectivity index (χ0v) is 4.61. The van der Waals surface area contributed by atoms with Crippen molar-refractivity contribution in [2.75, 3.05) is 13.1 Å². The topological polar surface area (TPSA) is 29.1 Å². The Balaban J connectivity index is 2.13. The predicted molar refractivity (Wildman–Crippen MR) is 29.2 cm³/mol. The number of piperidine rings is 2. The molecule has 2 aliphatic heterocycles. The summed E-state index contributed by atoms with van der Waals surface area (Å²) in [5.74, 6) is 1.89. The van der Waals surface area contributed by atoms with Crippen LogP contribution in [0.3, 0.4) is 0 Å². The number of hydrogen-bond donors (Lipinski definition) is 1. The van der Waals surface area contributed by atoms with E-state index in [0.29, 0.717) is 11.7 Å². The first-order valence-electron chi connectivity index (χ1n) is 2.97. The van der Waals surface area contributed by atoms with Crippen LogP contribution in [0, 0.1) is 11.8 Å². The zero-order chi connectivity index (χ0) is 5.56. The summed E-state index contributed by atoms with van der Waals surface area (Å²) in [6, 6.07) is 0. The van der Waals surface area contributed by atoms with E-state index in [0.717, 1.165) is 25.4 Å². The van der Waals surface area contributed by atoms with Crippen LogP contribution >= 0.6 is 0 Å². The molecule has 2 bridgehead atoms. The quantitative estimate of drug-likeness (QED) is 0.466. The van der Waals surface area contributed by atoms with Crippen LogP contribution in [0.2, 0.25) is 0 Å². The van der Waals surface area contributed by atoms with Gasteiger partial charge >= 0.3 is 0 Å². The minimum absolute atomic E-state index is 0.360. The molecule has 1 saturated carbocycles. The van der Waals surface area contributed by atoms with Crippen LogP contribution in [-0.2, 0) is 4.79 Å². The number of nitrogens with one attached hydrogen (secondary N) is 1. The summed E-state index contributed by atoms with van der Waals surface area (Å²) in [6.45, 7) is 1.78. The Labute approximate surface area is 48.3 Å². The number of ketones is 1. The van der Waals surface area contributed by atoms with E-state index in [1.54, 1.807) is 0 Å². The van der Waals surface area contributed by atoms with E-state index in [1.807, 2.05) is 0 Å². The molecular weight excluding hydrogens is 102 g/mol. The summed E-state index contributed by atoms with van der Waals surface area (Å²) in [5.41, 5.74) is 0. The van der Waals surface area contributed by atoms with E-state index in [9.17, 15) is 4.79 Å². The van der Waals surface area contributed by atoms with Gasteiger partial charge in [-0.3, -0.25) is 4.79 Å². The Morgan fingerprint density at radius 2 is 2.50 bits per heavy atom. The second kappa shape index (κ2) is 1.32. The molecule has 0 aromatic carbocycles. The highest BCUT2D eigenvalue weighted by Crippen LogP contribution is 2.33. The van der Waals surface area contributed by atoms with Gasteiger partial charge in [0.2, 0.25) is 0 Å². The number of hydrogen-bond acceptors (Lipinski definition) is 2. The predicted octanol–water partition coefficient (Wildman–Crippen LogP) is -0.247. The molecule has 2 heterocycles. The van der Waals surface area contributed by atoms with Crippen molar-refractivity contribution < 1.29 is 4.79 Å². The summed E-state index contributed by atoms with van der Waals surface area (Å²) in [5, 5.41) is 3.16. The van der Waals surface area contributed by atoms with E-state index in [2.05, 4.69) is 5.32 Å². The molecule has 1 atom stereocenters. The summed E-state index contributed by atoms with van der Waals surface area (Å²) in [6.07, 6.45) is 1.08. The molecule has 2 nitrogen and oxygen atoms in total. The normalized spacial score (nSPS) is 37.0. The maximum atomic E-state index is 10.8. The molecule has 43 valence electrons. The van der Waals surface area contributed by atoms with Gasteiger partial charge in [0.1, 0.15) is 5.78 Å². The van der Waals surface area contributed by atoms with Crippen LogP contribution in [-0.4, -0.2) is 18.9 Å². The lowest BCUT2D eigenvalue weighted by Crippen LogP contribution is -2.52. The Bertz CT molecular complexity index is 116. The molecule has 3 fully saturated rings. The fraction of sp³-hybridized carbons (Fsp3) is 0.667. The fourth-order valence-corrected chi connectivity index (χ4v) is 1.37. The van der Waals surface area contributed by atoms with E-state index in [1.165, 1.54) is 0 Å². The van der Waals surface area contributed by atoms with E-state index >= 15 is 0 Å². The molecule has 2 heteroatoms. The van der Waals surface area contributed by atoms with Crippen LogP contribution < -0.4 is 5.32 Å². The van der Waals surface area contributed by atoms with Gasteiger partial charge in [-0.1, -0.05) is 0 Å². The molecule has 0 aromatic heterocycles. The highest BCUT2D eigenvalue weighted by Gasteiger charge is 2.42. The molecule has 1 radical (unpaired) electrons. The lowest BCUT2D eigenvalue weighted by Gasteiger charge is -2.38. The molecule has 8 heavy (non-hydrogen) atoms. The monoisotopic (exact) mass is 110 g/mol. The van der Waals surface area contributed by atoms with Gasteiger partial charge in [0, 0.05) is 19.0 Å². The Hall–Kier alpha value is -0.370. The average molecular weight is 110 g/mol. The molecule has 1 aliphatic carbocycles. The molecule has 3 aliphatic rings. The van der Waals surface area contributed by atoms with Gasteiger partial charge in [0.25, 0.3) is 0 Å². The zero-order valence-electron chi connectivity index (χ0n) is 4.61. The average Bonchev–Trinajstić information content (AvgIpc) is 1.89. The first-order valence-corrected chi connectivity index (χ1v) is 2.97. The third-order valence-corrected chi connectivity index (χ3v) is 1.94. The minimum atomic E-state index is 0.360. The smallest absolute Gasteiger partial charge is 0.145 e. The molecule has 0 amide bonds. The molecule has 0 spiro atoms. The second-order valence-corrected chi connectivity index (χ2v) is 2.50. The Kier molecular flexibility index (Phi) is 0.742. The Morgan fingerprint density at radius 3 is 2.75 bits per heavy atom. The third-order valence-electron chi connectivity index (χ3n) is 1.94. The van der Waals surface area contributed by atoms with E-state index < -0.39 is 0 Å². The summed E-state index contributed by atoms with van der Waals surface area (Å²) in [4.78, 5) is 10.8. The van der Waals surface area contributed by atoms with Crippen LogP contribution in [0.1, 0.15) is 6.42 Å². The molecule has 1 N–H and O–H groups in total. The van der Waals surface area contributed by atoms with Crippen molar-refractivity contribution >= 4 is 5.78 Å². The number of rotatable bonds is 0. The van der Waals surface area contributed by atoms with E-state index in [4.69, 9.17) is 0 Å². The fourth-order valence-electron chi connectivity index (χ4n) is 1.37. The largest absolute Gasteiger partial charge is 0.315 e. The maximum Gasteiger partial charge on any atom is 0.145 e. The standard InChI is InChI=1S/C6H8NO/c8-6-4-1-5(6)3-7-2-4/h4,7H,1-3H2. The number of Topliss-reactive ketones (excluding diaryl/α,β-unsaturated/α-hetero) is 1. The van der Waals surface area contributed by atoms with Crippen molar-refractivity contribution in [2.24, 2.45) is 5.92 Å². The van der Waals surface area contributed by atoms with Gasteiger partial charge in [-0.15, -0.1) is 0 Å². The van der Waals surface area contributed by atoms with E-state index in [-0.39, 0.29) is 0 Å². The van der Waals surface area contributed by atoms with Crippen molar-refractivity contribution in [2.45, 2.75) is 6.42 Å². The lowest BCUT2D eigenvalue weighted by atomic mass is 9.71. The third kappa shape index (κ3) is 0.388. The van der Waals surface area contributed by atoms with Gasteiger partial charge in [-0.2, -0.15) is 0 Å². The first-order chi connectivity index (χ1) is 3.88. The summed E-state index contributed by atoms with van der Waals surface area (Å²) < 4.78 is 0. The number of fused-ring (bicyclic) bond motifs is 2. The highest BCUT2D eigenvalue weighted by molar-refractivity contribution is 6.01. The van der Waals surface area contributed by atoms with Gasteiger partial charge in [0.05, 0.1) is 5.92 Å². The Morgan fingerprint density at radius 1 is 1.62 bits per heavy atom. The van der Waals surface area contributed by atoms with Crippen molar-refractivity contribution in [1.29, 1.82) is 0 Å². The molecule has 2 saturated heterocycles. The van der Waals surface area contributed by atoms with Crippen LogP contribution in [0.25, 0.3) is 0 Å². The lowest BCUT2D eigenvalue weighted by molar-refractivity contribution is -0.127. The van der Waals surface area contributed by atoms with Gasteiger partial charge in [0.15, 0.2) is 0 Å². The number of carbonyl (C=O) groups excluding carboxylic acids is 1. The summed E-state index contributed by atoms with van der Waals surface area (Å²) in [7, 11) is 0. The minimum Gasteiger partial charge on any atom is -0.315 e. The maximum absolute atomic E-state index is 10.8. The second-order valence-electron chi connectivity index (χ2n) is 2.50. The van der Waals surface area contributed by atoms with Crippen molar-refractivity contribution in [1.82, 2.24) is 5.32 Å². The molecule has 0 aromatic rings. The van der Waals surface area contributed by atoms with Gasteiger partial charge < -0.3 is 5.32 Å². The van der Waals surface area contributed by atoms with Crippen LogP contribution in [0.4, 0.5) is 0 Å². The summed E-state index contributed by atoms with van der Waals surface area (Å²) >= 11 is 0. The van der Waals surface area contributed by atoms with Crippen LogP contribution in [0.5, 0.6) is 0 Å². The first kappa shape index (κ1) is 4.50.